The smallest absolute Gasteiger partial charge is 0.243 e. The van der Waals surface area contributed by atoms with Gasteiger partial charge in [0.2, 0.25) is 11.8 Å². The molecule has 1 unspecified atom stereocenters. The number of carbonyl (C=O) groups excluding carboxylic acids is 2. The van der Waals surface area contributed by atoms with Gasteiger partial charge in [0.05, 0.1) is 18.9 Å². The second kappa shape index (κ2) is 9.29. The van der Waals surface area contributed by atoms with Crippen molar-refractivity contribution >= 4 is 29.3 Å². The number of likely N-dealkylation sites (N-methyl/N-ethyl adjacent to an activating group) is 1. The number of nitrogens with one attached hydrogen (secondary N) is 1. The fourth-order valence-corrected chi connectivity index (χ4v) is 3.33. The van der Waals surface area contributed by atoms with Gasteiger partial charge in [0.15, 0.2) is 0 Å². The lowest BCUT2D eigenvalue weighted by atomic mass is 10.2. The van der Waals surface area contributed by atoms with Gasteiger partial charge in [-0.05, 0) is 50.2 Å². The van der Waals surface area contributed by atoms with Crippen LogP contribution in [0.4, 0.5) is 5.69 Å². The lowest BCUT2D eigenvalue weighted by Crippen LogP contribution is -2.38. The topological polar surface area (TPSA) is 58.6 Å². The summed E-state index contributed by atoms with van der Waals surface area (Å²) in [7, 11) is 3.26. The second-order valence-electron chi connectivity index (χ2n) is 6.04. The molecule has 0 heterocycles. The molecular formula is C20H24N2O3S. The van der Waals surface area contributed by atoms with Crippen LogP contribution in [0.25, 0.3) is 0 Å². The van der Waals surface area contributed by atoms with Crippen LogP contribution in [0.15, 0.2) is 53.4 Å². The van der Waals surface area contributed by atoms with Crippen LogP contribution >= 0.6 is 11.8 Å². The molecule has 0 aromatic heterocycles. The van der Waals surface area contributed by atoms with Gasteiger partial charge in [0, 0.05) is 17.6 Å². The van der Waals surface area contributed by atoms with Crippen LogP contribution in [0.2, 0.25) is 0 Å². The third-order valence-corrected chi connectivity index (χ3v) is 4.91. The summed E-state index contributed by atoms with van der Waals surface area (Å²) < 4.78 is 5.13. The van der Waals surface area contributed by atoms with Gasteiger partial charge in [0.1, 0.15) is 5.75 Å². The van der Waals surface area contributed by atoms with Gasteiger partial charge in [-0.2, -0.15) is 0 Å². The Hall–Kier alpha value is -2.47. The molecule has 6 heteroatoms. The normalized spacial score (nSPS) is 11.5. The molecule has 0 bridgehead atoms. The minimum atomic E-state index is -0.291. The Labute approximate surface area is 158 Å². The number of methoxy groups -OCH3 is 1. The first kappa shape index (κ1) is 19.8. The van der Waals surface area contributed by atoms with Crippen LogP contribution in [0.1, 0.15) is 12.5 Å². The van der Waals surface area contributed by atoms with Gasteiger partial charge in [-0.15, -0.1) is 11.8 Å². The van der Waals surface area contributed by atoms with E-state index in [-0.39, 0.29) is 23.6 Å². The number of thioether (sulfide) groups is 1. The van der Waals surface area contributed by atoms with Gasteiger partial charge < -0.3 is 15.0 Å². The highest BCUT2D eigenvalue weighted by Crippen LogP contribution is 2.26. The van der Waals surface area contributed by atoms with Gasteiger partial charge in [-0.25, -0.2) is 0 Å². The number of rotatable bonds is 7. The first-order valence-corrected chi connectivity index (χ1v) is 9.19. The molecule has 0 aliphatic heterocycles. The Kier molecular flexibility index (Phi) is 7.09. The summed E-state index contributed by atoms with van der Waals surface area (Å²) in [6.45, 7) is 3.84. The summed E-state index contributed by atoms with van der Waals surface area (Å²) in [4.78, 5) is 27.1. The van der Waals surface area contributed by atoms with E-state index in [4.69, 9.17) is 4.74 Å². The highest BCUT2D eigenvalue weighted by Gasteiger charge is 2.20. The van der Waals surface area contributed by atoms with Crippen LogP contribution in [0, 0.1) is 6.92 Å². The third kappa shape index (κ3) is 5.81. The molecule has 0 saturated carbocycles. The molecule has 0 aliphatic rings. The minimum Gasteiger partial charge on any atom is -0.497 e. The average molecular weight is 372 g/mol. The third-order valence-electron chi connectivity index (χ3n) is 3.81. The molecule has 26 heavy (non-hydrogen) atoms. The van der Waals surface area contributed by atoms with E-state index in [2.05, 4.69) is 5.32 Å². The number of anilines is 1. The Morgan fingerprint density at radius 3 is 2.31 bits per heavy atom. The molecule has 2 rings (SSSR count). The fourth-order valence-electron chi connectivity index (χ4n) is 2.35. The van der Waals surface area contributed by atoms with Crippen LogP contribution in [0.5, 0.6) is 5.75 Å². The summed E-state index contributed by atoms with van der Waals surface area (Å²) in [6.07, 6.45) is 0. The Morgan fingerprint density at radius 2 is 1.73 bits per heavy atom. The fraction of sp³-hybridized carbons (Fsp3) is 0.300. The van der Waals surface area contributed by atoms with Crippen molar-refractivity contribution in [2.24, 2.45) is 0 Å². The first-order valence-electron chi connectivity index (χ1n) is 8.31. The Bertz CT molecular complexity index is 745. The SMILES string of the molecule is COc1ccc(SC(C)C(=O)N(C)CC(=O)Nc2ccc(C)cc2)cc1. The number of ether oxygens (including phenoxy) is 1. The minimum absolute atomic E-state index is 0.0141. The number of nitrogens with zero attached hydrogens (tertiary/aromatic N) is 1. The molecule has 138 valence electrons. The zero-order chi connectivity index (χ0) is 19.1. The number of aryl methyl sites for hydroxylation is 1. The maximum Gasteiger partial charge on any atom is 0.243 e. The molecule has 0 saturated heterocycles. The highest BCUT2D eigenvalue weighted by molar-refractivity contribution is 8.00. The largest absolute Gasteiger partial charge is 0.497 e. The summed E-state index contributed by atoms with van der Waals surface area (Å²) in [5.74, 6) is 0.467. The zero-order valence-corrected chi connectivity index (χ0v) is 16.3. The van der Waals surface area contributed by atoms with E-state index < -0.39 is 0 Å². The van der Waals surface area contributed by atoms with Crippen LogP contribution in [-0.4, -0.2) is 42.7 Å². The first-order chi connectivity index (χ1) is 12.4. The number of hydrogen-bond donors (Lipinski definition) is 1. The van der Waals surface area contributed by atoms with Gasteiger partial charge in [0.25, 0.3) is 0 Å². The van der Waals surface area contributed by atoms with E-state index >= 15 is 0 Å². The predicted octanol–water partition coefficient (Wildman–Crippen LogP) is 3.58. The summed E-state index contributed by atoms with van der Waals surface area (Å²) in [5.41, 5.74) is 1.85. The molecule has 1 atom stereocenters. The van der Waals surface area contributed by atoms with E-state index in [0.717, 1.165) is 21.9 Å². The summed E-state index contributed by atoms with van der Waals surface area (Å²) >= 11 is 1.45. The number of amides is 2. The lowest BCUT2D eigenvalue weighted by Gasteiger charge is -2.21. The van der Waals surface area contributed by atoms with E-state index in [1.165, 1.54) is 16.7 Å². The average Bonchev–Trinajstić information content (AvgIpc) is 2.63. The molecule has 2 amide bonds. The van der Waals surface area contributed by atoms with Crippen molar-refractivity contribution in [3.8, 4) is 5.75 Å². The molecule has 5 nitrogen and oxygen atoms in total. The molecule has 0 spiro atoms. The van der Waals surface area contributed by atoms with Crippen molar-refractivity contribution < 1.29 is 14.3 Å². The molecule has 2 aromatic rings. The zero-order valence-electron chi connectivity index (χ0n) is 15.5. The highest BCUT2D eigenvalue weighted by atomic mass is 32.2. The molecule has 0 aliphatic carbocycles. The van der Waals surface area contributed by atoms with Crippen molar-refractivity contribution in [2.75, 3.05) is 26.0 Å². The molecular weight excluding hydrogens is 348 g/mol. The Balaban J connectivity index is 1.86. The predicted molar refractivity (Wildman–Crippen MR) is 106 cm³/mol. The van der Waals surface area contributed by atoms with Crippen LogP contribution in [-0.2, 0) is 9.59 Å². The maximum atomic E-state index is 12.5. The monoisotopic (exact) mass is 372 g/mol. The van der Waals surface area contributed by atoms with Crippen LogP contribution in [0.3, 0.4) is 0 Å². The van der Waals surface area contributed by atoms with Gasteiger partial charge in [-0.1, -0.05) is 17.7 Å². The van der Waals surface area contributed by atoms with Crippen molar-refractivity contribution in [3.05, 3.63) is 54.1 Å². The van der Waals surface area contributed by atoms with Crippen molar-refractivity contribution in [1.82, 2.24) is 4.90 Å². The van der Waals surface area contributed by atoms with E-state index in [1.807, 2.05) is 62.4 Å². The van der Waals surface area contributed by atoms with E-state index in [9.17, 15) is 9.59 Å². The second-order valence-corrected chi connectivity index (χ2v) is 7.46. The lowest BCUT2D eigenvalue weighted by molar-refractivity contribution is -0.132. The molecule has 0 radical (unpaired) electrons. The van der Waals surface area contributed by atoms with Crippen molar-refractivity contribution in [1.29, 1.82) is 0 Å². The summed E-state index contributed by atoms with van der Waals surface area (Å²) in [6, 6.07) is 15.1. The summed E-state index contributed by atoms with van der Waals surface area (Å²) in [5, 5.41) is 2.51. The van der Waals surface area contributed by atoms with Crippen molar-refractivity contribution in [3.63, 3.8) is 0 Å². The molecule has 1 N–H and O–H groups in total. The van der Waals surface area contributed by atoms with Gasteiger partial charge >= 0.3 is 0 Å². The van der Waals surface area contributed by atoms with Crippen molar-refractivity contribution in [2.45, 2.75) is 24.0 Å². The number of benzene rings is 2. The Morgan fingerprint density at radius 1 is 1.12 bits per heavy atom. The number of hydrogen-bond acceptors (Lipinski definition) is 4. The molecule has 2 aromatic carbocycles. The number of carbonyl (C=O) groups is 2. The molecule has 0 fully saturated rings. The quantitative estimate of drug-likeness (QED) is 0.755. The van der Waals surface area contributed by atoms with Crippen LogP contribution < -0.4 is 10.1 Å². The van der Waals surface area contributed by atoms with E-state index in [0.29, 0.717) is 0 Å². The standard InChI is InChI=1S/C20H24N2O3S/c1-14-5-7-16(8-6-14)21-19(23)13-22(3)20(24)15(2)26-18-11-9-17(25-4)10-12-18/h5-12,15H,13H2,1-4H3,(H,21,23). The van der Waals surface area contributed by atoms with Gasteiger partial charge in [-0.3, -0.25) is 9.59 Å². The maximum absolute atomic E-state index is 12.5. The van der Waals surface area contributed by atoms with E-state index in [1.54, 1.807) is 14.2 Å².